The summed E-state index contributed by atoms with van der Waals surface area (Å²) < 4.78 is 6.86. The maximum Gasteiger partial charge on any atom is 0.222 e. The van der Waals surface area contributed by atoms with Crippen molar-refractivity contribution >= 4 is 33.2 Å². The SMILES string of the molecule is O=C(CCCOCCc1ccccc1)N1CCN(Cc2ccc(Br)s2)CC1. The molecule has 1 aliphatic rings. The molecule has 2 aromatic rings. The van der Waals surface area contributed by atoms with E-state index in [2.05, 4.69) is 45.1 Å². The van der Waals surface area contributed by atoms with Crippen LogP contribution < -0.4 is 0 Å². The van der Waals surface area contributed by atoms with E-state index in [4.69, 9.17) is 4.74 Å². The lowest BCUT2D eigenvalue weighted by Gasteiger charge is -2.34. The number of piperazine rings is 1. The van der Waals surface area contributed by atoms with Crippen molar-refractivity contribution in [2.45, 2.75) is 25.8 Å². The second kappa shape index (κ2) is 11.0. The van der Waals surface area contributed by atoms with Gasteiger partial charge in [0.2, 0.25) is 5.91 Å². The molecule has 2 heterocycles. The smallest absolute Gasteiger partial charge is 0.222 e. The van der Waals surface area contributed by atoms with Crippen LogP contribution in [0.25, 0.3) is 0 Å². The van der Waals surface area contributed by atoms with Crippen molar-refractivity contribution < 1.29 is 9.53 Å². The third-order valence-corrected chi connectivity index (χ3v) is 6.40. The average molecular weight is 451 g/mol. The molecule has 1 amide bonds. The number of nitrogens with zero attached hydrogens (tertiary/aromatic N) is 2. The van der Waals surface area contributed by atoms with Gasteiger partial charge < -0.3 is 9.64 Å². The van der Waals surface area contributed by atoms with Gasteiger partial charge in [-0.25, -0.2) is 0 Å². The minimum absolute atomic E-state index is 0.264. The van der Waals surface area contributed by atoms with Gasteiger partial charge in [-0.1, -0.05) is 30.3 Å². The molecule has 0 saturated carbocycles. The third kappa shape index (κ3) is 7.03. The number of ether oxygens (including phenoxy) is 1. The van der Waals surface area contributed by atoms with E-state index in [0.29, 0.717) is 13.0 Å². The van der Waals surface area contributed by atoms with E-state index in [1.807, 2.05) is 23.1 Å². The van der Waals surface area contributed by atoms with Crippen LogP contribution in [-0.2, 0) is 22.5 Å². The molecule has 1 saturated heterocycles. The van der Waals surface area contributed by atoms with Crippen LogP contribution in [0.3, 0.4) is 0 Å². The summed E-state index contributed by atoms with van der Waals surface area (Å²) in [6.07, 6.45) is 2.32. The van der Waals surface area contributed by atoms with E-state index >= 15 is 0 Å². The highest BCUT2D eigenvalue weighted by atomic mass is 79.9. The second-order valence-corrected chi connectivity index (χ2v) is 9.36. The van der Waals surface area contributed by atoms with E-state index in [-0.39, 0.29) is 5.91 Å². The Morgan fingerprint density at radius 2 is 1.81 bits per heavy atom. The van der Waals surface area contributed by atoms with Crippen molar-refractivity contribution in [2.75, 3.05) is 39.4 Å². The van der Waals surface area contributed by atoms with Gasteiger partial charge in [-0.05, 0) is 46.5 Å². The van der Waals surface area contributed by atoms with Crippen LogP contribution in [0, 0.1) is 0 Å². The Kier molecular flexibility index (Phi) is 8.33. The molecule has 0 N–H and O–H groups in total. The Morgan fingerprint density at radius 1 is 1.04 bits per heavy atom. The average Bonchev–Trinajstić information content (AvgIpc) is 3.10. The van der Waals surface area contributed by atoms with Gasteiger partial charge in [-0.2, -0.15) is 0 Å². The van der Waals surface area contributed by atoms with Crippen LogP contribution in [0.4, 0.5) is 0 Å². The minimum atomic E-state index is 0.264. The van der Waals surface area contributed by atoms with Crippen LogP contribution in [0.1, 0.15) is 23.3 Å². The molecule has 0 bridgehead atoms. The lowest BCUT2D eigenvalue weighted by Crippen LogP contribution is -2.48. The first-order valence-electron chi connectivity index (χ1n) is 9.57. The molecule has 0 spiro atoms. The van der Waals surface area contributed by atoms with Crippen LogP contribution >= 0.6 is 27.3 Å². The maximum absolute atomic E-state index is 12.4. The Hall–Kier alpha value is -1.21. The fourth-order valence-electron chi connectivity index (χ4n) is 3.23. The molecule has 0 atom stereocenters. The number of hydrogen-bond donors (Lipinski definition) is 0. The van der Waals surface area contributed by atoms with Crippen molar-refractivity contribution in [3.05, 3.63) is 56.7 Å². The predicted octanol–water partition coefficient (Wildman–Crippen LogP) is 4.19. The summed E-state index contributed by atoms with van der Waals surface area (Å²) in [6, 6.07) is 14.6. The Balaban J connectivity index is 1.25. The molecule has 0 radical (unpaired) electrons. The highest BCUT2D eigenvalue weighted by molar-refractivity contribution is 9.11. The molecule has 27 heavy (non-hydrogen) atoms. The van der Waals surface area contributed by atoms with E-state index in [9.17, 15) is 4.79 Å². The Bertz CT molecular complexity index is 699. The summed E-state index contributed by atoms with van der Waals surface area (Å²) >= 11 is 5.30. The summed E-state index contributed by atoms with van der Waals surface area (Å²) in [5.74, 6) is 0.264. The molecular formula is C21H27BrN2O2S. The lowest BCUT2D eigenvalue weighted by molar-refractivity contribution is -0.133. The summed E-state index contributed by atoms with van der Waals surface area (Å²) in [5, 5.41) is 0. The van der Waals surface area contributed by atoms with E-state index in [0.717, 1.165) is 52.2 Å². The third-order valence-electron chi connectivity index (χ3n) is 4.79. The van der Waals surface area contributed by atoms with Gasteiger partial charge in [0.15, 0.2) is 0 Å². The zero-order valence-corrected chi connectivity index (χ0v) is 18.0. The highest BCUT2D eigenvalue weighted by Gasteiger charge is 2.21. The predicted molar refractivity (Wildman–Crippen MR) is 114 cm³/mol. The number of halogens is 1. The molecule has 4 nitrogen and oxygen atoms in total. The van der Waals surface area contributed by atoms with Gasteiger partial charge in [0.05, 0.1) is 10.4 Å². The van der Waals surface area contributed by atoms with E-state index in [1.165, 1.54) is 14.2 Å². The molecule has 3 rings (SSSR count). The number of amides is 1. The normalized spacial score (nSPS) is 15.2. The number of benzene rings is 1. The highest BCUT2D eigenvalue weighted by Crippen LogP contribution is 2.23. The number of hydrogen-bond acceptors (Lipinski definition) is 4. The number of carbonyl (C=O) groups excluding carboxylic acids is 1. The summed E-state index contributed by atoms with van der Waals surface area (Å²) in [4.78, 5) is 18.2. The van der Waals surface area contributed by atoms with E-state index < -0.39 is 0 Å². The van der Waals surface area contributed by atoms with Crippen molar-refractivity contribution in [1.82, 2.24) is 9.80 Å². The molecule has 1 fully saturated rings. The Labute approximate surface area is 174 Å². The van der Waals surface area contributed by atoms with Gasteiger partial charge in [0.25, 0.3) is 0 Å². The first-order chi connectivity index (χ1) is 13.2. The number of thiophene rings is 1. The van der Waals surface area contributed by atoms with Gasteiger partial charge in [-0.3, -0.25) is 9.69 Å². The second-order valence-electron chi connectivity index (χ2n) is 6.81. The number of rotatable bonds is 9. The molecule has 1 aromatic heterocycles. The fourth-order valence-corrected chi connectivity index (χ4v) is 4.76. The fraction of sp³-hybridized carbons (Fsp3) is 0.476. The van der Waals surface area contributed by atoms with Crippen molar-refractivity contribution in [2.24, 2.45) is 0 Å². The zero-order valence-electron chi connectivity index (χ0n) is 15.6. The van der Waals surface area contributed by atoms with Crippen LogP contribution in [0.2, 0.25) is 0 Å². The first-order valence-corrected chi connectivity index (χ1v) is 11.2. The Morgan fingerprint density at radius 3 is 2.52 bits per heavy atom. The maximum atomic E-state index is 12.4. The largest absolute Gasteiger partial charge is 0.381 e. The quantitative estimate of drug-likeness (QED) is 0.536. The molecule has 146 valence electrons. The van der Waals surface area contributed by atoms with Gasteiger partial charge in [-0.15, -0.1) is 11.3 Å². The topological polar surface area (TPSA) is 32.8 Å². The standard InChI is InChI=1S/C21H27BrN2O2S/c22-20-9-8-19(27-20)17-23-11-13-24(14-12-23)21(25)7-4-15-26-16-10-18-5-2-1-3-6-18/h1-3,5-6,8-9H,4,7,10-17H2. The molecular weight excluding hydrogens is 424 g/mol. The van der Waals surface area contributed by atoms with Crippen LogP contribution in [-0.4, -0.2) is 55.1 Å². The molecule has 0 aliphatic carbocycles. The number of carbonyl (C=O) groups is 1. The van der Waals surface area contributed by atoms with Crippen molar-refractivity contribution in [3.8, 4) is 0 Å². The molecule has 0 unspecified atom stereocenters. The van der Waals surface area contributed by atoms with Crippen molar-refractivity contribution in [3.63, 3.8) is 0 Å². The van der Waals surface area contributed by atoms with E-state index in [1.54, 1.807) is 11.3 Å². The molecule has 6 heteroatoms. The van der Waals surface area contributed by atoms with Gasteiger partial charge in [0, 0.05) is 50.6 Å². The summed E-state index contributed by atoms with van der Waals surface area (Å²) in [6.45, 7) is 5.93. The summed E-state index contributed by atoms with van der Waals surface area (Å²) in [5.41, 5.74) is 1.29. The lowest BCUT2D eigenvalue weighted by atomic mass is 10.2. The van der Waals surface area contributed by atoms with Gasteiger partial charge >= 0.3 is 0 Å². The molecule has 1 aliphatic heterocycles. The van der Waals surface area contributed by atoms with Crippen LogP contribution in [0.5, 0.6) is 0 Å². The summed E-state index contributed by atoms with van der Waals surface area (Å²) in [7, 11) is 0. The monoisotopic (exact) mass is 450 g/mol. The molecule has 1 aromatic carbocycles. The van der Waals surface area contributed by atoms with Gasteiger partial charge in [0.1, 0.15) is 0 Å². The van der Waals surface area contributed by atoms with Crippen LogP contribution in [0.15, 0.2) is 46.3 Å². The first kappa shape index (κ1) is 20.5. The minimum Gasteiger partial charge on any atom is -0.381 e. The zero-order chi connectivity index (χ0) is 18.9. The van der Waals surface area contributed by atoms with Crippen molar-refractivity contribution in [1.29, 1.82) is 0 Å².